The largest absolute Gasteiger partial charge is 0.354 e. The summed E-state index contributed by atoms with van der Waals surface area (Å²) in [6.45, 7) is 3.67. The molecule has 0 aliphatic heterocycles. The molecule has 0 fully saturated rings. The van der Waals surface area contributed by atoms with E-state index in [9.17, 15) is 18.0 Å². The van der Waals surface area contributed by atoms with Crippen molar-refractivity contribution in [2.45, 2.75) is 39.3 Å². The van der Waals surface area contributed by atoms with Gasteiger partial charge < -0.3 is 10.2 Å². The van der Waals surface area contributed by atoms with Crippen molar-refractivity contribution in [2.24, 2.45) is 0 Å². The lowest BCUT2D eigenvalue weighted by molar-refractivity contribution is -0.140. The monoisotopic (exact) mass is 589 g/mol. The quantitative estimate of drug-likeness (QED) is 0.313. The van der Waals surface area contributed by atoms with Gasteiger partial charge in [-0.15, -0.1) is 0 Å². The summed E-state index contributed by atoms with van der Waals surface area (Å²) in [7, 11) is -3.87. The second-order valence-corrected chi connectivity index (χ2v) is 12.0. The zero-order valence-corrected chi connectivity index (χ0v) is 24.6. The minimum absolute atomic E-state index is 0.0825. The average Bonchev–Trinajstić information content (AvgIpc) is 2.90. The molecule has 3 rings (SSSR count). The fraction of sp³-hybridized carbons (Fsp3) is 0.310. The van der Waals surface area contributed by atoms with Gasteiger partial charge in [0, 0.05) is 29.6 Å². The van der Waals surface area contributed by atoms with Crippen LogP contribution in [0.3, 0.4) is 0 Å². The maximum Gasteiger partial charge on any atom is 0.244 e. The van der Waals surface area contributed by atoms with Crippen molar-refractivity contribution >= 4 is 50.7 Å². The molecule has 1 N–H and O–H groups in total. The van der Waals surface area contributed by atoms with E-state index in [-0.39, 0.29) is 18.9 Å². The van der Waals surface area contributed by atoms with Gasteiger partial charge in [-0.2, -0.15) is 0 Å². The van der Waals surface area contributed by atoms with Crippen molar-refractivity contribution < 1.29 is 18.0 Å². The molecular weight excluding hydrogens is 557 g/mol. The molecule has 7 nitrogen and oxygen atoms in total. The molecule has 1 atom stereocenters. The van der Waals surface area contributed by atoms with Crippen LogP contribution in [0.4, 0.5) is 5.69 Å². The lowest BCUT2D eigenvalue weighted by atomic mass is 10.0. The van der Waals surface area contributed by atoms with Crippen LogP contribution in [0.2, 0.25) is 10.0 Å². The number of nitrogens with zero attached hydrogens (tertiary/aromatic N) is 2. The first kappa shape index (κ1) is 30.5. The number of hydrogen-bond donors (Lipinski definition) is 1. The van der Waals surface area contributed by atoms with Gasteiger partial charge in [0.05, 0.1) is 11.9 Å². The molecule has 0 bridgehead atoms. The highest BCUT2D eigenvalue weighted by Gasteiger charge is 2.33. The number of rotatable bonds is 12. The molecule has 3 aromatic carbocycles. The van der Waals surface area contributed by atoms with Crippen LogP contribution in [-0.2, 0) is 32.6 Å². The number of benzene rings is 3. The smallest absolute Gasteiger partial charge is 0.244 e. The Morgan fingerprint density at radius 3 is 2.21 bits per heavy atom. The molecule has 2 amide bonds. The normalized spacial score (nSPS) is 12.0. The Balaban J connectivity index is 2.06. The summed E-state index contributed by atoms with van der Waals surface area (Å²) in [5.41, 5.74) is 2.45. The number of sulfonamides is 1. The Kier molecular flexibility index (Phi) is 10.8. The minimum Gasteiger partial charge on any atom is -0.354 e. The minimum atomic E-state index is -3.87. The van der Waals surface area contributed by atoms with Gasteiger partial charge >= 0.3 is 0 Å². The Bertz CT molecular complexity index is 1380. The maximum absolute atomic E-state index is 14.0. The van der Waals surface area contributed by atoms with Gasteiger partial charge in [0.2, 0.25) is 21.8 Å². The molecule has 1 unspecified atom stereocenters. The first-order valence-electron chi connectivity index (χ1n) is 12.6. The summed E-state index contributed by atoms with van der Waals surface area (Å²) >= 11 is 12.4. The van der Waals surface area contributed by atoms with Crippen LogP contribution in [0.1, 0.15) is 30.0 Å². The van der Waals surface area contributed by atoms with Crippen LogP contribution in [0, 0.1) is 6.92 Å². The van der Waals surface area contributed by atoms with E-state index in [1.54, 1.807) is 49.4 Å². The number of anilines is 1. The van der Waals surface area contributed by atoms with Crippen molar-refractivity contribution in [3.05, 3.63) is 99.5 Å². The fourth-order valence-corrected chi connectivity index (χ4v) is 5.36. The predicted octanol–water partition coefficient (Wildman–Crippen LogP) is 5.23. The Morgan fingerprint density at radius 2 is 1.59 bits per heavy atom. The van der Waals surface area contributed by atoms with Gasteiger partial charge in [0.25, 0.3) is 0 Å². The van der Waals surface area contributed by atoms with E-state index >= 15 is 0 Å². The standard InChI is InChI=1S/C29H33Cl2N3O4S/c1-4-17-32-29(36)27(18-22-9-6-5-7-10-22)33(19-23-13-15-24(30)16-14-23)28(35)20-34(39(3,37)38)26-12-8-11-25(31)21(26)2/h5-16,27H,4,17-20H2,1-3H3,(H,32,36). The van der Waals surface area contributed by atoms with Gasteiger partial charge in [-0.3, -0.25) is 13.9 Å². The topological polar surface area (TPSA) is 86.8 Å². The molecule has 0 saturated carbocycles. The summed E-state index contributed by atoms with van der Waals surface area (Å²) in [6.07, 6.45) is 2.02. The summed E-state index contributed by atoms with van der Waals surface area (Å²) in [5.74, 6) is -0.838. The first-order valence-corrected chi connectivity index (χ1v) is 15.2. The number of carbonyl (C=O) groups excluding carboxylic acids is 2. The molecule has 0 radical (unpaired) electrons. The first-order chi connectivity index (χ1) is 18.5. The number of nitrogens with one attached hydrogen (secondary N) is 1. The molecular formula is C29H33Cl2N3O4S. The fourth-order valence-electron chi connectivity index (χ4n) is 4.17. The Hall–Kier alpha value is -3.07. The molecule has 0 spiro atoms. The molecule has 0 heterocycles. The predicted molar refractivity (Wildman–Crippen MR) is 158 cm³/mol. The van der Waals surface area contributed by atoms with Crippen molar-refractivity contribution in [3.8, 4) is 0 Å². The van der Waals surface area contributed by atoms with E-state index < -0.39 is 28.5 Å². The SMILES string of the molecule is CCCNC(=O)C(Cc1ccccc1)N(Cc1ccc(Cl)cc1)C(=O)CN(c1cccc(Cl)c1C)S(C)(=O)=O. The molecule has 3 aromatic rings. The summed E-state index contributed by atoms with van der Waals surface area (Å²) in [6, 6.07) is 20.4. The van der Waals surface area contributed by atoms with Crippen molar-refractivity contribution in [2.75, 3.05) is 23.7 Å². The molecule has 39 heavy (non-hydrogen) atoms. The number of hydrogen-bond acceptors (Lipinski definition) is 4. The van der Waals surface area contributed by atoms with E-state index in [1.807, 2.05) is 37.3 Å². The second-order valence-electron chi connectivity index (χ2n) is 9.30. The number of amides is 2. The van der Waals surface area contributed by atoms with Gasteiger partial charge in [0.15, 0.2) is 0 Å². The summed E-state index contributed by atoms with van der Waals surface area (Å²) < 4.78 is 26.8. The van der Waals surface area contributed by atoms with Crippen molar-refractivity contribution in [3.63, 3.8) is 0 Å². The van der Waals surface area contributed by atoms with E-state index in [0.717, 1.165) is 28.1 Å². The molecule has 0 saturated heterocycles. The lowest BCUT2D eigenvalue weighted by Gasteiger charge is -2.34. The Labute approximate surface area is 240 Å². The van der Waals surface area contributed by atoms with Crippen LogP contribution in [0.5, 0.6) is 0 Å². The van der Waals surface area contributed by atoms with Gasteiger partial charge in [0.1, 0.15) is 12.6 Å². The Morgan fingerprint density at radius 1 is 0.923 bits per heavy atom. The highest BCUT2D eigenvalue weighted by Crippen LogP contribution is 2.28. The van der Waals surface area contributed by atoms with Crippen molar-refractivity contribution in [1.82, 2.24) is 10.2 Å². The molecule has 0 aliphatic rings. The zero-order valence-electron chi connectivity index (χ0n) is 22.2. The zero-order chi connectivity index (χ0) is 28.6. The van der Waals surface area contributed by atoms with E-state index in [2.05, 4.69) is 5.32 Å². The summed E-state index contributed by atoms with van der Waals surface area (Å²) in [4.78, 5) is 28.9. The molecule has 0 aliphatic carbocycles. The van der Waals surface area contributed by atoms with Crippen molar-refractivity contribution in [1.29, 1.82) is 0 Å². The van der Waals surface area contributed by atoms with Crippen LogP contribution >= 0.6 is 23.2 Å². The van der Waals surface area contributed by atoms with Crippen LogP contribution in [0.15, 0.2) is 72.8 Å². The third-order valence-electron chi connectivity index (χ3n) is 6.27. The summed E-state index contributed by atoms with van der Waals surface area (Å²) in [5, 5.41) is 3.83. The highest BCUT2D eigenvalue weighted by atomic mass is 35.5. The van der Waals surface area contributed by atoms with E-state index in [4.69, 9.17) is 23.2 Å². The molecule has 10 heteroatoms. The molecule has 0 aromatic heterocycles. The lowest BCUT2D eigenvalue weighted by Crippen LogP contribution is -2.53. The van der Waals surface area contributed by atoms with Crippen LogP contribution < -0.4 is 9.62 Å². The van der Waals surface area contributed by atoms with Gasteiger partial charge in [-0.25, -0.2) is 8.42 Å². The third-order valence-corrected chi connectivity index (χ3v) is 8.06. The highest BCUT2D eigenvalue weighted by molar-refractivity contribution is 7.92. The number of halogens is 2. The number of carbonyl (C=O) groups is 2. The van der Waals surface area contributed by atoms with Gasteiger partial charge in [-0.1, -0.05) is 78.7 Å². The second kappa shape index (κ2) is 13.8. The maximum atomic E-state index is 14.0. The average molecular weight is 591 g/mol. The van der Waals surface area contributed by atoms with Crippen LogP contribution in [0.25, 0.3) is 0 Å². The van der Waals surface area contributed by atoms with Crippen LogP contribution in [-0.4, -0.2) is 50.5 Å². The van der Waals surface area contributed by atoms with Gasteiger partial charge in [-0.05, 0) is 54.3 Å². The van der Waals surface area contributed by atoms with E-state index in [0.29, 0.717) is 27.8 Å². The third kappa shape index (κ3) is 8.46. The molecule has 208 valence electrons. The van der Waals surface area contributed by atoms with E-state index in [1.165, 1.54) is 4.90 Å².